The van der Waals surface area contributed by atoms with Gasteiger partial charge < -0.3 is 10.1 Å². The number of aromatic amines is 1. The molecule has 0 aliphatic heterocycles. The van der Waals surface area contributed by atoms with E-state index in [4.69, 9.17) is 5.11 Å². The maximum Gasteiger partial charge on any atom is 0.335 e. The Labute approximate surface area is 114 Å². The summed E-state index contributed by atoms with van der Waals surface area (Å²) < 4.78 is 1.37. The molecule has 0 aliphatic carbocycles. The fourth-order valence-corrected chi connectivity index (χ4v) is 2.10. The number of H-pyrrole nitrogens is 1. The Kier molecular flexibility index (Phi) is 3.25. The fraction of sp³-hybridized carbons (Fsp3) is 0.357. The zero-order chi connectivity index (χ0) is 15.1. The quantitative estimate of drug-likeness (QED) is 0.831. The van der Waals surface area contributed by atoms with E-state index in [1.807, 2.05) is 20.8 Å². The Hall–Kier alpha value is -2.37. The summed E-state index contributed by atoms with van der Waals surface area (Å²) in [6.45, 7) is 5.57. The molecule has 0 saturated carbocycles. The number of carboxylic acid groups (broad SMARTS) is 1. The van der Waals surface area contributed by atoms with Crippen molar-refractivity contribution in [3.05, 3.63) is 44.5 Å². The van der Waals surface area contributed by atoms with Crippen molar-refractivity contribution < 1.29 is 9.90 Å². The molecule has 20 heavy (non-hydrogen) atoms. The molecule has 6 heteroatoms. The van der Waals surface area contributed by atoms with Crippen LogP contribution in [0.5, 0.6) is 0 Å². The third kappa shape index (κ3) is 2.13. The lowest BCUT2D eigenvalue weighted by Gasteiger charge is -2.27. The molecule has 2 rings (SSSR count). The molecule has 1 heterocycles. The predicted molar refractivity (Wildman–Crippen MR) is 75.4 cm³/mol. The highest BCUT2D eigenvalue weighted by atomic mass is 16.4. The third-order valence-electron chi connectivity index (χ3n) is 3.60. The van der Waals surface area contributed by atoms with Crippen LogP contribution in [0.3, 0.4) is 0 Å². The Morgan fingerprint density at radius 1 is 1.35 bits per heavy atom. The number of hydrogen-bond acceptors (Lipinski definition) is 3. The van der Waals surface area contributed by atoms with Crippen LogP contribution < -0.4 is 11.1 Å². The first-order valence-corrected chi connectivity index (χ1v) is 6.31. The first-order valence-electron chi connectivity index (χ1n) is 6.31. The first kappa shape index (κ1) is 14.0. The van der Waals surface area contributed by atoms with Crippen LogP contribution in [0.15, 0.2) is 27.8 Å². The summed E-state index contributed by atoms with van der Waals surface area (Å²) in [6, 6.07) is 4.31. The number of aromatic carboxylic acids is 1. The molecule has 0 unspecified atom stereocenters. The molecule has 0 bridgehead atoms. The van der Waals surface area contributed by atoms with Gasteiger partial charge in [-0.2, -0.15) is 0 Å². The van der Waals surface area contributed by atoms with Crippen LogP contribution in [0, 0.1) is 0 Å². The maximum atomic E-state index is 12.1. The summed E-state index contributed by atoms with van der Waals surface area (Å²) in [7, 11) is 0. The van der Waals surface area contributed by atoms with E-state index in [9.17, 15) is 14.4 Å². The zero-order valence-corrected chi connectivity index (χ0v) is 11.6. The number of carboxylic acids is 1. The van der Waals surface area contributed by atoms with Gasteiger partial charge in [0.1, 0.15) is 0 Å². The second-order valence-corrected chi connectivity index (χ2v) is 5.30. The van der Waals surface area contributed by atoms with Gasteiger partial charge in [0.25, 0.3) is 0 Å². The molecular weight excluding hydrogens is 260 g/mol. The number of fused-ring (bicyclic) bond motifs is 1. The number of aromatic nitrogens is 2. The molecule has 0 spiro atoms. The van der Waals surface area contributed by atoms with Gasteiger partial charge in [-0.3, -0.25) is 14.2 Å². The van der Waals surface area contributed by atoms with Gasteiger partial charge in [0, 0.05) is 5.54 Å². The highest BCUT2D eigenvalue weighted by molar-refractivity contribution is 5.92. The third-order valence-corrected chi connectivity index (χ3v) is 3.60. The molecule has 0 atom stereocenters. The van der Waals surface area contributed by atoms with Crippen molar-refractivity contribution in [1.29, 1.82) is 0 Å². The van der Waals surface area contributed by atoms with E-state index in [0.29, 0.717) is 17.5 Å². The molecule has 0 aliphatic rings. The molecule has 2 N–H and O–H groups in total. The van der Waals surface area contributed by atoms with Gasteiger partial charge >= 0.3 is 17.1 Å². The Morgan fingerprint density at radius 2 is 2.00 bits per heavy atom. The van der Waals surface area contributed by atoms with Crippen molar-refractivity contribution in [2.24, 2.45) is 0 Å². The molecule has 2 aromatic rings. The fourth-order valence-electron chi connectivity index (χ4n) is 2.10. The van der Waals surface area contributed by atoms with Crippen molar-refractivity contribution in [1.82, 2.24) is 9.55 Å². The second kappa shape index (κ2) is 4.63. The normalized spacial score (nSPS) is 11.8. The number of carbonyl (C=O) groups is 1. The lowest BCUT2D eigenvalue weighted by atomic mass is 10.0. The van der Waals surface area contributed by atoms with Crippen molar-refractivity contribution in [2.75, 3.05) is 0 Å². The van der Waals surface area contributed by atoms with E-state index >= 15 is 0 Å². The molecule has 1 aromatic heterocycles. The minimum Gasteiger partial charge on any atom is -0.478 e. The molecule has 1 aromatic carbocycles. The lowest BCUT2D eigenvalue weighted by molar-refractivity contribution is 0.0697. The molecule has 6 nitrogen and oxygen atoms in total. The number of rotatable bonds is 3. The summed E-state index contributed by atoms with van der Waals surface area (Å²) in [5, 5.41) is 9.06. The van der Waals surface area contributed by atoms with Gasteiger partial charge in [0.15, 0.2) is 0 Å². The standard InChI is InChI=1S/C14H16N2O4/c1-4-14(2,3)16-10-7-8(13(19)20)5-6-9(10)15-11(17)12(16)18/h5-7H,4H2,1-3H3,(H,15,17)(H,19,20). The topological polar surface area (TPSA) is 92.2 Å². The van der Waals surface area contributed by atoms with Gasteiger partial charge in [-0.05, 0) is 38.5 Å². The maximum absolute atomic E-state index is 12.1. The second-order valence-electron chi connectivity index (χ2n) is 5.30. The van der Waals surface area contributed by atoms with E-state index < -0.39 is 22.6 Å². The van der Waals surface area contributed by atoms with E-state index in [0.717, 1.165) is 0 Å². The van der Waals surface area contributed by atoms with Crippen LogP contribution in [0.1, 0.15) is 37.6 Å². The predicted octanol–water partition coefficient (Wildman–Crippen LogP) is 1.53. The summed E-state index contributed by atoms with van der Waals surface area (Å²) >= 11 is 0. The molecule has 0 fully saturated rings. The van der Waals surface area contributed by atoms with E-state index in [-0.39, 0.29) is 5.56 Å². The van der Waals surface area contributed by atoms with Crippen molar-refractivity contribution in [3.63, 3.8) is 0 Å². The Balaban J connectivity index is 2.98. The van der Waals surface area contributed by atoms with E-state index in [2.05, 4.69) is 4.98 Å². The van der Waals surface area contributed by atoms with E-state index in [1.165, 1.54) is 22.8 Å². The smallest absolute Gasteiger partial charge is 0.335 e. The minimum absolute atomic E-state index is 0.0737. The number of hydrogen-bond donors (Lipinski definition) is 2. The van der Waals surface area contributed by atoms with Gasteiger partial charge in [0.05, 0.1) is 16.6 Å². The van der Waals surface area contributed by atoms with Gasteiger partial charge in [0.2, 0.25) is 0 Å². The molecule has 0 amide bonds. The Bertz CT molecular complexity index is 799. The van der Waals surface area contributed by atoms with Crippen LogP contribution in [0.25, 0.3) is 11.0 Å². The van der Waals surface area contributed by atoms with Crippen molar-refractivity contribution >= 4 is 17.0 Å². The SMILES string of the molecule is CCC(C)(C)n1c(=O)c(=O)[nH]c2ccc(C(=O)O)cc21. The highest BCUT2D eigenvalue weighted by Gasteiger charge is 2.23. The van der Waals surface area contributed by atoms with Crippen LogP contribution in [-0.2, 0) is 5.54 Å². The largest absolute Gasteiger partial charge is 0.478 e. The van der Waals surface area contributed by atoms with E-state index in [1.54, 1.807) is 0 Å². The monoisotopic (exact) mass is 276 g/mol. The highest BCUT2D eigenvalue weighted by Crippen LogP contribution is 2.22. The average molecular weight is 276 g/mol. The van der Waals surface area contributed by atoms with Gasteiger partial charge in [-0.15, -0.1) is 0 Å². The van der Waals surface area contributed by atoms with Gasteiger partial charge in [-0.25, -0.2) is 4.79 Å². The van der Waals surface area contributed by atoms with Crippen molar-refractivity contribution in [2.45, 2.75) is 32.7 Å². The lowest BCUT2D eigenvalue weighted by Crippen LogP contribution is -2.44. The summed E-state index contributed by atoms with van der Waals surface area (Å²) in [5.74, 6) is -1.08. The molecule has 0 radical (unpaired) electrons. The van der Waals surface area contributed by atoms with Crippen LogP contribution >= 0.6 is 0 Å². The average Bonchev–Trinajstić information content (AvgIpc) is 2.39. The van der Waals surface area contributed by atoms with Crippen LogP contribution in [-0.4, -0.2) is 20.6 Å². The number of benzene rings is 1. The van der Waals surface area contributed by atoms with Crippen LogP contribution in [0.4, 0.5) is 0 Å². The van der Waals surface area contributed by atoms with Crippen LogP contribution in [0.2, 0.25) is 0 Å². The summed E-state index contributed by atoms with van der Waals surface area (Å²) in [4.78, 5) is 37.4. The minimum atomic E-state index is -1.08. The summed E-state index contributed by atoms with van der Waals surface area (Å²) in [5.41, 5.74) is -1.03. The molecular formula is C14H16N2O4. The van der Waals surface area contributed by atoms with Crippen molar-refractivity contribution in [3.8, 4) is 0 Å². The number of nitrogens with one attached hydrogen (secondary N) is 1. The Morgan fingerprint density at radius 3 is 2.55 bits per heavy atom. The molecule has 0 saturated heterocycles. The molecule has 106 valence electrons. The zero-order valence-electron chi connectivity index (χ0n) is 11.6. The summed E-state index contributed by atoms with van der Waals surface area (Å²) in [6.07, 6.45) is 0.628. The number of nitrogens with zero attached hydrogens (tertiary/aromatic N) is 1. The first-order chi connectivity index (χ1) is 9.27. The van der Waals surface area contributed by atoms with Gasteiger partial charge in [-0.1, -0.05) is 6.92 Å².